The number of hydrogen-bond donors (Lipinski definition) is 1. The highest BCUT2D eigenvalue weighted by molar-refractivity contribution is 8.00. The van der Waals surface area contributed by atoms with Gasteiger partial charge in [0.2, 0.25) is 0 Å². The summed E-state index contributed by atoms with van der Waals surface area (Å²) in [5, 5.41) is 4.35. The summed E-state index contributed by atoms with van der Waals surface area (Å²) in [4.78, 5) is 2.52. The Morgan fingerprint density at radius 1 is 1.29 bits per heavy atom. The summed E-state index contributed by atoms with van der Waals surface area (Å²) in [6.07, 6.45) is 2.74. The lowest BCUT2D eigenvalue weighted by Gasteiger charge is -2.30. The van der Waals surface area contributed by atoms with Crippen LogP contribution in [-0.2, 0) is 0 Å². The SMILES string of the molecule is CCN(CC)CCSC1CCC(C)(C)C1NC. The van der Waals surface area contributed by atoms with Gasteiger partial charge in [-0.1, -0.05) is 27.7 Å². The minimum Gasteiger partial charge on any atom is -0.315 e. The van der Waals surface area contributed by atoms with Crippen LogP contribution < -0.4 is 5.32 Å². The molecular formula is C14H30N2S. The summed E-state index contributed by atoms with van der Waals surface area (Å²) in [6, 6.07) is 0.684. The van der Waals surface area contributed by atoms with Gasteiger partial charge in [0.1, 0.15) is 0 Å². The maximum Gasteiger partial charge on any atom is 0.0234 e. The van der Waals surface area contributed by atoms with E-state index in [-0.39, 0.29) is 0 Å². The second-order valence-electron chi connectivity index (χ2n) is 5.73. The van der Waals surface area contributed by atoms with E-state index in [1.54, 1.807) is 0 Å². The fourth-order valence-electron chi connectivity index (χ4n) is 2.97. The number of hydrogen-bond acceptors (Lipinski definition) is 3. The summed E-state index contributed by atoms with van der Waals surface area (Å²) >= 11 is 2.17. The van der Waals surface area contributed by atoms with E-state index in [9.17, 15) is 0 Å². The van der Waals surface area contributed by atoms with E-state index >= 15 is 0 Å². The molecule has 2 nitrogen and oxygen atoms in total. The second-order valence-corrected chi connectivity index (χ2v) is 7.08. The molecule has 0 aromatic heterocycles. The number of thioether (sulfide) groups is 1. The smallest absolute Gasteiger partial charge is 0.0234 e. The third-order valence-electron chi connectivity index (χ3n) is 4.23. The zero-order valence-corrected chi connectivity index (χ0v) is 13.1. The molecule has 0 amide bonds. The van der Waals surface area contributed by atoms with Crippen molar-refractivity contribution in [1.82, 2.24) is 10.2 Å². The van der Waals surface area contributed by atoms with Crippen LogP contribution in [0.1, 0.15) is 40.5 Å². The van der Waals surface area contributed by atoms with Crippen molar-refractivity contribution in [3.63, 3.8) is 0 Å². The van der Waals surface area contributed by atoms with Gasteiger partial charge in [0.05, 0.1) is 0 Å². The Morgan fingerprint density at radius 3 is 2.47 bits per heavy atom. The topological polar surface area (TPSA) is 15.3 Å². The molecule has 1 aliphatic rings. The molecule has 1 fully saturated rings. The van der Waals surface area contributed by atoms with E-state index in [0.29, 0.717) is 11.5 Å². The maximum absolute atomic E-state index is 3.54. The predicted molar refractivity (Wildman–Crippen MR) is 79.9 cm³/mol. The summed E-state index contributed by atoms with van der Waals surface area (Å²) < 4.78 is 0. The van der Waals surface area contributed by atoms with E-state index in [1.807, 2.05) is 0 Å². The van der Waals surface area contributed by atoms with Crippen molar-refractivity contribution in [2.24, 2.45) is 5.41 Å². The van der Waals surface area contributed by atoms with Crippen LogP contribution in [0.15, 0.2) is 0 Å². The molecule has 1 aliphatic carbocycles. The van der Waals surface area contributed by atoms with Gasteiger partial charge in [-0.2, -0.15) is 11.8 Å². The van der Waals surface area contributed by atoms with Gasteiger partial charge < -0.3 is 10.2 Å². The fraction of sp³-hybridized carbons (Fsp3) is 1.00. The van der Waals surface area contributed by atoms with E-state index in [1.165, 1.54) is 38.2 Å². The molecule has 3 heteroatoms. The molecule has 0 saturated heterocycles. The molecule has 1 N–H and O–H groups in total. The Hall–Kier alpha value is 0.270. The molecule has 0 spiro atoms. The van der Waals surface area contributed by atoms with Gasteiger partial charge >= 0.3 is 0 Å². The van der Waals surface area contributed by atoms with Gasteiger partial charge in [-0.25, -0.2) is 0 Å². The first-order chi connectivity index (χ1) is 8.05. The molecule has 0 heterocycles. The van der Waals surface area contributed by atoms with Crippen LogP contribution in [-0.4, -0.2) is 48.6 Å². The van der Waals surface area contributed by atoms with Gasteiger partial charge in [0.25, 0.3) is 0 Å². The Bertz CT molecular complexity index is 214. The summed E-state index contributed by atoms with van der Waals surface area (Å²) in [5.41, 5.74) is 0.474. The van der Waals surface area contributed by atoms with Gasteiger partial charge in [0.15, 0.2) is 0 Å². The highest BCUT2D eigenvalue weighted by atomic mass is 32.2. The normalized spacial score (nSPS) is 27.9. The molecule has 0 radical (unpaired) electrons. The zero-order valence-electron chi connectivity index (χ0n) is 12.3. The minimum atomic E-state index is 0.474. The maximum atomic E-state index is 3.54. The first-order valence-electron chi connectivity index (χ1n) is 7.06. The highest BCUT2D eigenvalue weighted by Crippen LogP contribution is 2.42. The third-order valence-corrected chi connectivity index (χ3v) is 5.59. The molecule has 2 unspecified atom stereocenters. The zero-order chi connectivity index (χ0) is 12.9. The molecule has 1 saturated carbocycles. The number of nitrogens with one attached hydrogen (secondary N) is 1. The molecule has 0 bridgehead atoms. The van der Waals surface area contributed by atoms with Crippen molar-refractivity contribution < 1.29 is 0 Å². The van der Waals surface area contributed by atoms with Gasteiger partial charge in [-0.15, -0.1) is 0 Å². The standard InChI is InChI=1S/C14H30N2S/c1-6-16(7-2)10-11-17-12-8-9-14(3,4)13(12)15-5/h12-13,15H,6-11H2,1-5H3. The summed E-state index contributed by atoms with van der Waals surface area (Å²) in [6.45, 7) is 12.9. The first-order valence-corrected chi connectivity index (χ1v) is 8.11. The summed E-state index contributed by atoms with van der Waals surface area (Å²) in [7, 11) is 2.12. The first kappa shape index (κ1) is 15.3. The van der Waals surface area contributed by atoms with Crippen molar-refractivity contribution in [2.75, 3.05) is 32.4 Å². The Kier molecular flexibility index (Phi) is 6.32. The quantitative estimate of drug-likeness (QED) is 0.756. The summed E-state index contributed by atoms with van der Waals surface area (Å²) in [5.74, 6) is 1.28. The largest absolute Gasteiger partial charge is 0.315 e. The molecule has 2 atom stereocenters. The third kappa shape index (κ3) is 4.15. The van der Waals surface area contributed by atoms with E-state index in [4.69, 9.17) is 0 Å². The van der Waals surface area contributed by atoms with E-state index < -0.39 is 0 Å². The predicted octanol–water partition coefficient (Wildman–Crippen LogP) is 2.84. The second kappa shape index (κ2) is 7.01. The van der Waals surface area contributed by atoms with Crippen molar-refractivity contribution in [3.8, 4) is 0 Å². The Morgan fingerprint density at radius 2 is 1.94 bits per heavy atom. The molecule has 17 heavy (non-hydrogen) atoms. The Balaban J connectivity index is 2.32. The van der Waals surface area contributed by atoms with Gasteiger partial charge in [-0.05, 0) is 38.4 Å². The molecular weight excluding hydrogens is 228 g/mol. The lowest BCUT2D eigenvalue weighted by molar-refractivity contribution is 0.299. The monoisotopic (exact) mass is 258 g/mol. The molecule has 102 valence electrons. The average molecular weight is 258 g/mol. The molecule has 0 aromatic carbocycles. The van der Waals surface area contributed by atoms with Crippen LogP contribution in [0.2, 0.25) is 0 Å². The van der Waals surface area contributed by atoms with Crippen molar-refractivity contribution in [3.05, 3.63) is 0 Å². The van der Waals surface area contributed by atoms with Crippen LogP contribution in [0.25, 0.3) is 0 Å². The van der Waals surface area contributed by atoms with E-state index in [0.717, 1.165) is 5.25 Å². The van der Waals surface area contributed by atoms with Crippen LogP contribution in [0.4, 0.5) is 0 Å². The van der Waals surface area contributed by atoms with Crippen LogP contribution in [0.5, 0.6) is 0 Å². The van der Waals surface area contributed by atoms with Crippen molar-refractivity contribution >= 4 is 11.8 Å². The average Bonchev–Trinajstić information content (AvgIpc) is 2.59. The van der Waals surface area contributed by atoms with Gasteiger partial charge in [0, 0.05) is 23.6 Å². The van der Waals surface area contributed by atoms with E-state index in [2.05, 4.69) is 56.7 Å². The molecule has 1 rings (SSSR count). The fourth-order valence-corrected chi connectivity index (χ4v) is 4.62. The lowest BCUT2D eigenvalue weighted by atomic mass is 9.87. The van der Waals surface area contributed by atoms with Crippen LogP contribution in [0.3, 0.4) is 0 Å². The van der Waals surface area contributed by atoms with Gasteiger partial charge in [-0.3, -0.25) is 0 Å². The Labute approximate surface area is 112 Å². The van der Waals surface area contributed by atoms with Crippen LogP contribution >= 0.6 is 11.8 Å². The molecule has 0 aliphatic heterocycles. The van der Waals surface area contributed by atoms with Crippen molar-refractivity contribution in [2.45, 2.75) is 51.8 Å². The highest BCUT2D eigenvalue weighted by Gasteiger charge is 2.40. The molecule has 0 aromatic rings. The van der Waals surface area contributed by atoms with Crippen LogP contribution in [0, 0.1) is 5.41 Å². The minimum absolute atomic E-state index is 0.474. The number of rotatable bonds is 7. The van der Waals surface area contributed by atoms with Crippen molar-refractivity contribution in [1.29, 1.82) is 0 Å². The number of nitrogens with zero attached hydrogens (tertiary/aromatic N) is 1. The lowest BCUT2D eigenvalue weighted by Crippen LogP contribution is -2.41.